The van der Waals surface area contributed by atoms with Gasteiger partial charge in [-0.05, 0) is 59.0 Å². The second kappa shape index (κ2) is 10.7. The van der Waals surface area contributed by atoms with Crippen molar-refractivity contribution in [3.8, 4) is 5.75 Å². The molecule has 1 fully saturated rings. The van der Waals surface area contributed by atoms with Gasteiger partial charge < -0.3 is 19.9 Å². The van der Waals surface area contributed by atoms with E-state index >= 15 is 0 Å². The van der Waals surface area contributed by atoms with Gasteiger partial charge in [0.2, 0.25) is 11.6 Å². The van der Waals surface area contributed by atoms with Gasteiger partial charge in [0, 0.05) is 18.4 Å². The summed E-state index contributed by atoms with van der Waals surface area (Å²) in [6, 6.07) is 5.03. The van der Waals surface area contributed by atoms with Crippen LogP contribution in [-0.2, 0) is 36.7 Å². The van der Waals surface area contributed by atoms with E-state index in [2.05, 4.69) is 20.8 Å². The van der Waals surface area contributed by atoms with Crippen molar-refractivity contribution in [1.82, 2.24) is 29.8 Å². The number of amides is 2. The Hall–Kier alpha value is -3.14. The van der Waals surface area contributed by atoms with Crippen LogP contribution in [0.3, 0.4) is 0 Å². The normalized spacial score (nSPS) is 22.9. The highest BCUT2D eigenvalue weighted by atomic mass is 32.2. The molecule has 2 aliphatic heterocycles. The van der Waals surface area contributed by atoms with E-state index in [1.807, 2.05) is 13.0 Å². The number of hydrogen-bond acceptors (Lipinski definition) is 12. The zero-order valence-electron chi connectivity index (χ0n) is 20.6. The van der Waals surface area contributed by atoms with Crippen molar-refractivity contribution in [3.63, 3.8) is 0 Å². The summed E-state index contributed by atoms with van der Waals surface area (Å²) in [5, 5.41) is 22.8. The number of phenols is 1. The molecule has 2 unspecified atom stereocenters. The van der Waals surface area contributed by atoms with E-state index in [0.717, 1.165) is 5.56 Å². The fourth-order valence-corrected chi connectivity index (χ4v) is 6.60. The van der Waals surface area contributed by atoms with Crippen molar-refractivity contribution in [1.29, 1.82) is 0 Å². The highest BCUT2D eigenvalue weighted by Gasteiger charge is 2.65. The lowest BCUT2D eigenvalue weighted by Crippen LogP contribution is -2.79. The van der Waals surface area contributed by atoms with Crippen LogP contribution in [0.2, 0.25) is 0 Å². The van der Waals surface area contributed by atoms with Gasteiger partial charge in [-0.3, -0.25) is 20.2 Å². The molecule has 3 atom stereocenters. The lowest BCUT2D eigenvalue weighted by atomic mass is 9.99. The summed E-state index contributed by atoms with van der Waals surface area (Å²) in [4.78, 5) is 40.2. The Morgan fingerprint density at radius 2 is 2.03 bits per heavy atom. The van der Waals surface area contributed by atoms with Crippen LogP contribution < -0.4 is 11.1 Å². The number of nitrogens with two attached hydrogens (primary N) is 1. The van der Waals surface area contributed by atoms with Gasteiger partial charge in [0.1, 0.15) is 22.2 Å². The molecule has 2 aliphatic rings. The van der Waals surface area contributed by atoms with Crippen molar-refractivity contribution in [3.05, 3.63) is 46.4 Å². The number of nitrogens with zero attached hydrogens (tertiary/aromatic N) is 5. The second-order valence-electron chi connectivity index (χ2n) is 8.38. The van der Waals surface area contributed by atoms with Crippen molar-refractivity contribution < 1.29 is 29.0 Å². The lowest BCUT2D eigenvalue weighted by Gasteiger charge is -2.55. The average molecular weight is 550 g/mol. The van der Waals surface area contributed by atoms with Crippen LogP contribution in [0.25, 0.3) is 0 Å². The Bertz CT molecular complexity index is 1270. The number of hydrogen-bond donors (Lipinski definition) is 3. The molecule has 198 valence electrons. The van der Waals surface area contributed by atoms with Gasteiger partial charge in [0.05, 0.1) is 13.5 Å². The van der Waals surface area contributed by atoms with Gasteiger partial charge in [0.25, 0.3) is 5.91 Å². The van der Waals surface area contributed by atoms with E-state index in [-0.39, 0.29) is 29.5 Å². The van der Waals surface area contributed by atoms with E-state index in [4.69, 9.17) is 15.2 Å². The number of aryl methyl sites for hydroxylation is 2. The van der Waals surface area contributed by atoms with E-state index in [0.29, 0.717) is 23.4 Å². The monoisotopic (exact) mass is 549 g/mol. The number of ether oxygens (including phenoxy) is 2. The number of carbonyl (C=O) groups is 3. The maximum Gasteiger partial charge on any atom is 0.354 e. The number of aromatic hydroxyl groups is 1. The number of esters is 1. The molecule has 4 N–H and O–H groups in total. The highest BCUT2D eigenvalue weighted by molar-refractivity contribution is 8.01. The quantitative estimate of drug-likeness (QED) is 0.218. The molecule has 15 heteroatoms. The van der Waals surface area contributed by atoms with Gasteiger partial charge in [-0.1, -0.05) is 13.0 Å². The summed E-state index contributed by atoms with van der Waals surface area (Å²) in [6.45, 7) is 3.67. The Morgan fingerprint density at radius 3 is 2.65 bits per heavy atom. The number of tetrazole rings is 1. The first-order valence-electron chi connectivity index (χ1n) is 11.3. The van der Waals surface area contributed by atoms with Crippen LogP contribution in [0, 0.1) is 6.92 Å². The maximum absolute atomic E-state index is 13.1. The van der Waals surface area contributed by atoms with E-state index in [9.17, 15) is 19.5 Å². The smallest absolute Gasteiger partial charge is 0.354 e. The molecule has 1 aromatic heterocycles. The molecule has 0 saturated carbocycles. The third-order valence-corrected chi connectivity index (χ3v) is 8.54. The van der Waals surface area contributed by atoms with E-state index < -0.39 is 28.3 Å². The predicted molar refractivity (Wildman–Crippen MR) is 135 cm³/mol. The number of rotatable bonds is 9. The van der Waals surface area contributed by atoms with Gasteiger partial charge in [-0.15, -0.1) is 16.9 Å². The van der Waals surface area contributed by atoms with E-state index in [1.54, 1.807) is 13.0 Å². The third-order valence-electron chi connectivity index (χ3n) is 6.03. The standard InChI is InChI=1S/C22H27N7O6S2/c1-5-12-6-13(8-14(30)7-12)9-16(31)24-18-15(10-36-29-11(2)25-26-27-29)17(19(32)34-3)28-20(33)22(23,35-4)21(28)37-18/h6-8,18,21,30H,5,9-10,23H2,1-4H3,(H,24,31)/t18?,21-,22?/m1/s1. The molecule has 0 bridgehead atoms. The molecule has 0 radical (unpaired) electrons. The van der Waals surface area contributed by atoms with Crippen molar-refractivity contribution in [2.75, 3.05) is 20.0 Å². The predicted octanol–water partition coefficient (Wildman–Crippen LogP) is 0.0744. The number of fused-ring (bicyclic) bond motifs is 1. The Kier molecular flexibility index (Phi) is 7.77. The minimum Gasteiger partial charge on any atom is -0.508 e. The fraction of sp³-hybridized carbons (Fsp3) is 0.455. The Labute approximate surface area is 221 Å². The third kappa shape index (κ3) is 5.03. The molecule has 0 spiro atoms. The van der Waals surface area contributed by atoms with Gasteiger partial charge in [-0.25, -0.2) is 4.79 Å². The number of benzene rings is 1. The molecular formula is C22H27N7O6S2. The fourth-order valence-electron chi connectivity index (χ4n) is 4.08. The minimum absolute atomic E-state index is 0.0100. The molecule has 4 rings (SSSR count). The highest BCUT2D eigenvalue weighted by Crippen LogP contribution is 2.48. The summed E-state index contributed by atoms with van der Waals surface area (Å²) < 4.78 is 11.8. The molecule has 3 heterocycles. The van der Waals surface area contributed by atoms with Gasteiger partial charge >= 0.3 is 5.97 Å². The summed E-state index contributed by atoms with van der Waals surface area (Å²) in [5.41, 5.74) is 6.48. The van der Waals surface area contributed by atoms with Crippen LogP contribution in [0.5, 0.6) is 5.75 Å². The molecule has 1 aromatic carbocycles. The van der Waals surface area contributed by atoms with Crippen molar-refractivity contribution in [2.45, 2.75) is 43.2 Å². The molecule has 2 aromatic rings. The van der Waals surface area contributed by atoms with Crippen LogP contribution in [0.15, 0.2) is 29.5 Å². The zero-order valence-corrected chi connectivity index (χ0v) is 22.3. The Morgan fingerprint density at radius 1 is 1.30 bits per heavy atom. The topological polar surface area (TPSA) is 175 Å². The number of phenolic OH excluding ortho intramolecular Hbond substituents is 1. The molecule has 2 amide bonds. The number of aromatic nitrogens is 4. The number of methoxy groups -OCH3 is 2. The average Bonchev–Trinajstić information content (AvgIpc) is 3.29. The summed E-state index contributed by atoms with van der Waals surface area (Å²) in [7, 11) is 2.52. The molecule has 1 saturated heterocycles. The minimum atomic E-state index is -1.67. The Balaban J connectivity index is 1.67. The second-order valence-corrected chi connectivity index (χ2v) is 10.5. The molecule has 13 nitrogen and oxygen atoms in total. The maximum atomic E-state index is 13.1. The van der Waals surface area contributed by atoms with Crippen molar-refractivity contribution >= 4 is 41.5 Å². The van der Waals surface area contributed by atoms with Gasteiger partial charge in [-0.2, -0.15) is 4.09 Å². The van der Waals surface area contributed by atoms with E-state index in [1.165, 1.54) is 53.0 Å². The molecule has 37 heavy (non-hydrogen) atoms. The number of nitrogens with one attached hydrogen (secondary N) is 1. The van der Waals surface area contributed by atoms with Crippen LogP contribution in [0.4, 0.5) is 0 Å². The summed E-state index contributed by atoms with van der Waals surface area (Å²) in [5.74, 6) is -0.932. The first-order valence-corrected chi connectivity index (χ1v) is 13.1. The van der Waals surface area contributed by atoms with Crippen LogP contribution in [-0.4, -0.2) is 83.8 Å². The summed E-state index contributed by atoms with van der Waals surface area (Å²) in [6.07, 6.45) is 0.690. The first-order chi connectivity index (χ1) is 17.6. The summed E-state index contributed by atoms with van der Waals surface area (Å²) >= 11 is 2.37. The molecule has 0 aliphatic carbocycles. The zero-order chi connectivity index (χ0) is 26.9. The number of carbonyl (C=O) groups excluding carboxylic acids is 3. The van der Waals surface area contributed by atoms with Gasteiger partial charge in [0.15, 0.2) is 5.82 Å². The lowest BCUT2D eigenvalue weighted by molar-refractivity contribution is -0.183. The van der Waals surface area contributed by atoms with Crippen LogP contribution >= 0.6 is 23.7 Å². The number of β-lactam (4-membered cyclic amide) rings is 1. The van der Waals surface area contributed by atoms with Crippen LogP contribution in [0.1, 0.15) is 23.9 Å². The molecular weight excluding hydrogens is 522 g/mol. The SMILES string of the molecule is CCc1cc(O)cc(CC(=O)NC2S[C@H]3N(C(=O)C3(N)OC)C(C(=O)OC)=C2CSn2nnnc2C)c1. The van der Waals surface area contributed by atoms with Crippen molar-refractivity contribution in [2.24, 2.45) is 5.73 Å². The first kappa shape index (κ1) is 26.9. The number of thioether (sulfide) groups is 1. The largest absolute Gasteiger partial charge is 0.508 e.